The number of aliphatic hydroxyl groups is 3. The molecule has 6 N–H and O–H groups in total. The summed E-state index contributed by atoms with van der Waals surface area (Å²) in [5.41, 5.74) is 1.10. The number of nitrogens with one attached hydrogen (secondary N) is 2. The summed E-state index contributed by atoms with van der Waals surface area (Å²) in [6.07, 6.45) is 6.10. The number of hydrogen-bond donors (Lipinski definition) is 6. The predicted octanol–water partition coefficient (Wildman–Crippen LogP) is 3.38. The maximum absolute atomic E-state index is 11.3. The van der Waals surface area contributed by atoms with Crippen LogP contribution in [0.3, 0.4) is 0 Å². The number of pyridine rings is 1. The van der Waals surface area contributed by atoms with E-state index in [0.717, 1.165) is 5.56 Å². The van der Waals surface area contributed by atoms with Crippen molar-refractivity contribution in [3.8, 4) is 5.75 Å². The summed E-state index contributed by atoms with van der Waals surface area (Å²) >= 11 is 0. The molecule has 1 aromatic heterocycles. The van der Waals surface area contributed by atoms with E-state index in [-0.39, 0.29) is 37.7 Å². The summed E-state index contributed by atoms with van der Waals surface area (Å²) < 4.78 is 0. The van der Waals surface area contributed by atoms with Gasteiger partial charge in [-0.1, -0.05) is 67.2 Å². The molecule has 1 aromatic rings. The van der Waals surface area contributed by atoms with E-state index in [1.54, 1.807) is 34.0 Å². The van der Waals surface area contributed by atoms with Crippen LogP contribution in [0.5, 0.6) is 5.75 Å². The highest BCUT2D eigenvalue weighted by Crippen LogP contribution is 2.23. The first kappa shape index (κ1) is 38.5. The fourth-order valence-corrected chi connectivity index (χ4v) is 2.59. The third kappa shape index (κ3) is 17.4. The van der Waals surface area contributed by atoms with Gasteiger partial charge in [0.25, 0.3) is 0 Å². The van der Waals surface area contributed by atoms with Crippen molar-refractivity contribution in [2.45, 2.75) is 107 Å². The van der Waals surface area contributed by atoms with E-state index < -0.39 is 17.4 Å². The van der Waals surface area contributed by atoms with Gasteiger partial charge in [0.15, 0.2) is 0 Å². The molecule has 1 amide bonds. The Hall–Kier alpha value is -2.07. The van der Waals surface area contributed by atoms with Crippen LogP contribution in [0.1, 0.15) is 97.4 Å². The molecule has 1 heterocycles. The van der Waals surface area contributed by atoms with Gasteiger partial charge in [-0.15, -0.1) is 0 Å². The number of aromatic nitrogens is 1. The summed E-state index contributed by atoms with van der Waals surface area (Å²) in [4.78, 5) is 25.9. The van der Waals surface area contributed by atoms with E-state index in [4.69, 9.17) is 10.2 Å². The van der Waals surface area contributed by atoms with Gasteiger partial charge in [0.1, 0.15) is 17.6 Å². The second kappa shape index (κ2) is 23.3. The summed E-state index contributed by atoms with van der Waals surface area (Å²) in [5, 5.41) is 42.5. The van der Waals surface area contributed by atoms with E-state index in [0.29, 0.717) is 17.8 Å². The number of rotatable bonds is 12. The molecule has 9 heteroatoms. The average molecular weight is 516 g/mol. The fourth-order valence-electron chi connectivity index (χ4n) is 2.59. The van der Waals surface area contributed by atoms with Gasteiger partial charge in [-0.2, -0.15) is 0 Å². The van der Waals surface area contributed by atoms with Gasteiger partial charge < -0.3 is 31.1 Å². The van der Waals surface area contributed by atoms with Gasteiger partial charge in [-0.25, -0.2) is 0 Å². The molecule has 0 saturated heterocycles. The molecular formula is C27H53N3O6. The lowest BCUT2D eigenvalue weighted by molar-refractivity contribution is -0.137. The Balaban J connectivity index is -0.000000471. The molecule has 0 aromatic carbocycles. The number of ketones is 1. The minimum atomic E-state index is -1.27. The van der Waals surface area contributed by atoms with E-state index in [2.05, 4.69) is 29.5 Å². The lowest BCUT2D eigenvalue weighted by Crippen LogP contribution is -2.45. The quantitative estimate of drug-likeness (QED) is 0.232. The highest BCUT2D eigenvalue weighted by Gasteiger charge is 2.32. The molecule has 0 aliphatic rings. The Morgan fingerprint density at radius 3 is 2.03 bits per heavy atom. The SMILES string of the molecule is CC.CC(=O)CCNC(=O)[C@H](O)C(C)(C)CO.CCCCCC.CNCc1c(CO)cnc(C)c1O. The Kier molecular flexibility index (Phi) is 24.9. The third-order valence-electron chi connectivity index (χ3n) is 5.08. The van der Waals surface area contributed by atoms with Crippen molar-refractivity contribution in [2.24, 2.45) is 5.41 Å². The van der Waals surface area contributed by atoms with Crippen molar-refractivity contribution in [3.63, 3.8) is 0 Å². The topological polar surface area (TPSA) is 152 Å². The van der Waals surface area contributed by atoms with Crippen LogP contribution in [0.2, 0.25) is 0 Å². The van der Waals surface area contributed by atoms with Crippen LogP contribution in [0, 0.1) is 12.3 Å². The highest BCUT2D eigenvalue weighted by molar-refractivity contribution is 5.82. The zero-order chi connectivity index (χ0) is 28.7. The molecule has 0 radical (unpaired) electrons. The summed E-state index contributed by atoms with van der Waals surface area (Å²) in [6.45, 7) is 15.2. The summed E-state index contributed by atoms with van der Waals surface area (Å²) in [7, 11) is 1.79. The first-order chi connectivity index (χ1) is 16.9. The molecule has 0 fully saturated rings. The molecule has 1 rings (SSSR count). The molecule has 1 atom stereocenters. The van der Waals surface area contributed by atoms with E-state index >= 15 is 0 Å². The molecule has 212 valence electrons. The van der Waals surface area contributed by atoms with Crippen LogP contribution in [0.25, 0.3) is 0 Å². The molecule has 36 heavy (non-hydrogen) atoms. The number of aromatic hydroxyl groups is 1. The van der Waals surface area contributed by atoms with Crippen LogP contribution in [0.15, 0.2) is 6.20 Å². The molecule has 0 unspecified atom stereocenters. The first-order valence-electron chi connectivity index (χ1n) is 12.9. The van der Waals surface area contributed by atoms with Crippen molar-refractivity contribution < 1.29 is 30.0 Å². The minimum Gasteiger partial charge on any atom is -0.506 e. The van der Waals surface area contributed by atoms with E-state index in [1.807, 2.05) is 13.8 Å². The molecule has 0 aliphatic carbocycles. The van der Waals surface area contributed by atoms with E-state index in [1.165, 1.54) is 32.6 Å². The number of aryl methyl sites for hydroxylation is 1. The number of carbonyl (C=O) groups is 2. The number of hydrogen-bond acceptors (Lipinski definition) is 8. The van der Waals surface area contributed by atoms with Crippen molar-refractivity contribution >= 4 is 11.7 Å². The monoisotopic (exact) mass is 515 g/mol. The third-order valence-corrected chi connectivity index (χ3v) is 5.08. The van der Waals surface area contributed by atoms with Gasteiger partial charge >= 0.3 is 0 Å². The van der Waals surface area contributed by atoms with E-state index in [9.17, 15) is 19.8 Å². The smallest absolute Gasteiger partial charge is 0.249 e. The van der Waals surface area contributed by atoms with Crippen LogP contribution in [0.4, 0.5) is 0 Å². The lowest BCUT2D eigenvalue weighted by Gasteiger charge is -2.27. The average Bonchev–Trinajstić information content (AvgIpc) is 2.87. The molecule has 0 bridgehead atoms. The largest absolute Gasteiger partial charge is 0.506 e. The molecule has 0 spiro atoms. The van der Waals surface area contributed by atoms with Gasteiger partial charge in [-0.3, -0.25) is 14.6 Å². The molecule has 0 saturated carbocycles. The molecule has 0 aliphatic heterocycles. The Bertz CT molecular complexity index is 707. The highest BCUT2D eigenvalue weighted by atomic mass is 16.3. The van der Waals surface area contributed by atoms with Gasteiger partial charge in [0.05, 0.1) is 18.9 Å². The lowest BCUT2D eigenvalue weighted by atomic mass is 9.87. The molecule has 9 nitrogen and oxygen atoms in total. The number of aliphatic hydroxyl groups excluding tert-OH is 3. The number of nitrogens with zero attached hydrogens (tertiary/aromatic N) is 1. The fraction of sp³-hybridized carbons (Fsp3) is 0.741. The van der Waals surface area contributed by atoms with Crippen LogP contribution in [-0.4, -0.2) is 63.4 Å². The van der Waals surface area contributed by atoms with Gasteiger partial charge in [-0.05, 0) is 20.9 Å². The number of Topliss-reactive ketones (excluding diaryl/α,β-unsaturated/α-hetero) is 1. The Morgan fingerprint density at radius 2 is 1.64 bits per heavy atom. The van der Waals surface area contributed by atoms with Gasteiger partial charge in [0.2, 0.25) is 5.91 Å². The van der Waals surface area contributed by atoms with Crippen molar-refractivity contribution in [2.75, 3.05) is 20.2 Å². The zero-order valence-corrected chi connectivity index (χ0v) is 24.1. The summed E-state index contributed by atoms with van der Waals surface area (Å²) in [5.74, 6) is -0.414. The van der Waals surface area contributed by atoms with Crippen LogP contribution >= 0.6 is 0 Å². The van der Waals surface area contributed by atoms with Crippen LogP contribution in [-0.2, 0) is 22.7 Å². The number of amides is 1. The van der Waals surface area contributed by atoms with Crippen molar-refractivity contribution in [3.05, 3.63) is 23.0 Å². The zero-order valence-electron chi connectivity index (χ0n) is 24.1. The maximum atomic E-state index is 11.3. The number of carbonyl (C=O) groups excluding carboxylic acids is 2. The van der Waals surface area contributed by atoms with Crippen molar-refractivity contribution in [1.29, 1.82) is 0 Å². The molecular weight excluding hydrogens is 462 g/mol. The second-order valence-corrected chi connectivity index (χ2v) is 8.88. The van der Waals surface area contributed by atoms with Crippen molar-refractivity contribution in [1.82, 2.24) is 15.6 Å². The standard InChI is InChI=1S/C10H19NO4.C9H14N2O2.C6H14.C2H6/c1-7(13)4-5-11-9(15)8(14)10(2,3)6-12;1-6-9(13)8(4-10-2)7(5-12)3-11-6;1-3-5-6-4-2;1-2/h8,12,14H,4-6H2,1-3H3,(H,11,15);3,10,12-13H,4-5H2,1-2H3;3-6H2,1-2H3;1-2H3/t8-;;;/m0.../s1. The maximum Gasteiger partial charge on any atom is 0.249 e. The minimum absolute atomic E-state index is 0.0220. The summed E-state index contributed by atoms with van der Waals surface area (Å²) in [6, 6.07) is 0. The second-order valence-electron chi connectivity index (χ2n) is 8.88. The predicted molar refractivity (Wildman–Crippen MR) is 146 cm³/mol. The Labute approximate surface area is 218 Å². The Morgan fingerprint density at radius 1 is 1.11 bits per heavy atom. The normalized spacial score (nSPS) is 11.0. The van der Waals surface area contributed by atoms with Crippen LogP contribution < -0.4 is 10.6 Å². The van der Waals surface area contributed by atoms with Gasteiger partial charge in [0, 0.05) is 42.2 Å². The first-order valence-corrected chi connectivity index (χ1v) is 12.9. The number of unbranched alkanes of at least 4 members (excludes halogenated alkanes) is 3.